The van der Waals surface area contributed by atoms with E-state index in [1.165, 1.54) is 0 Å². The van der Waals surface area contributed by atoms with Crippen LogP contribution in [0, 0.1) is 0 Å². The van der Waals surface area contributed by atoms with Gasteiger partial charge in [-0.1, -0.05) is 57.3 Å². The molecule has 0 radical (unpaired) electrons. The van der Waals surface area contributed by atoms with Crippen LogP contribution in [0.3, 0.4) is 0 Å². The third-order valence-corrected chi connectivity index (χ3v) is 4.51. The quantitative estimate of drug-likeness (QED) is 0.785. The first-order chi connectivity index (χ1) is 10.0. The second-order valence-electron chi connectivity index (χ2n) is 4.90. The summed E-state index contributed by atoms with van der Waals surface area (Å²) in [6, 6.07) is 13.4. The van der Waals surface area contributed by atoms with Crippen LogP contribution < -0.4 is 0 Å². The Morgan fingerprint density at radius 2 is 1.81 bits per heavy atom. The monoisotopic (exact) mass is 387 g/mol. The van der Waals surface area contributed by atoms with E-state index in [4.69, 9.17) is 23.2 Å². The summed E-state index contributed by atoms with van der Waals surface area (Å²) in [6.45, 7) is 0.681. The molecule has 2 nitrogen and oxygen atoms in total. The lowest BCUT2D eigenvalue weighted by Gasteiger charge is -2.27. The van der Waals surface area contributed by atoms with E-state index in [-0.39, 0.29) is 12.6 Å². The van der Waals surface area contributed by atoms with E-state index in [2.05, 4.69) is 20.8 Å². The van der Waals surface area contributed by atoms with Gasteiger partial charge in [-0.25, -0.2) is 0 Å². The minimum Gasteiger partial charge on any atom is -0.394 e. The molecule has 2 aromatic rings. The van der Waals surface area contributed by atoms with Gasteiger partial charge in [0.2, 0.25) is 0 Å². The minimum absolute atomic E-state index is 0.0450. The van der Waals surface area contributed by atoms with Crippen LogP contribution in [0.2, 0.25) is 10.0 Å². The lowest BCUT2D eigenvalue weighted by Crippen LogP contribution is -2.27. The van der Waals surface area contributed by atoms with Crippen LogP contribution in [0.5, 0.6) is 0 Å². The van der Waals surface area contributed by atoms with Crippen molar-refractivity contribution in [2.45, 2.75) is 12.6 Å². The number of aliphatic hydroxyl groups excluding tert-OH is 1. The molecule has 2 rings (SSSR count). The Kier molecular flexibility index (Phi) is 6.08. The molecule has 0 aliphatic carbocycles. The number of likely N-dealkylation sites (N-methyl/N-ethyl adjacent to an activating group) is 1. The molecular formula is C16H16BrCl2NO. The van der Waals surface area contributed by atoms with Gasteiger partial charge in [-0.05, 0) is 42.4 Å². The smallest absolute Gasteiger partial charge is 0.0628 e. The second-order valence-corrected chi connectivity index (χ2v) is 6.66. The minimum atomic E-state index is -0.0788. The van der Waals surface area contributed by atoms with Gasteiger partial charge < -0.3 is 5.11 Å². The van der Waals surface area contributed by atoms with E-state index >= 15 is 0 Å². The fourth-order valence-corrected chi connectivity index (χ4v) is 2.95. The first-order valence-electron chi connectivity index (χ1n) is 6.51. The van der Waals surface area contributed by atoms with Gasteiger partial charge in [-0.2, -0.15) is 0 Å². The molecule has 2 aromatic carbocycles. The SMILES string of the molecule is CN(Cc1ccc(Cl)cc1Cl)C(CO)c1ccc(Br)cc1. The maximum atomic E-state index is 9.70. The second kappa shape index (κ2) is 7.61. The normalized spacial score (nSPS) is 12.7. The van der Waals surface area contributed by atoms with Crippen molar-refractivity contribution in [3.8, 4) is 0 Å². The van der Waals surface area contributed by atoms with Gasteiger partial charge >= 0.3 is 0 Å². The fourth-order valence-electron chi connectivity index (χ4n) is 2.21. The molecule has 0 aliphatic heterocycles. The maximum absolute atomic E-state index is 9.70. The zero-order chi connectivity index (χ0) is 15.4. The van der Waals surface area contributed by atoms with Gasteiger partial charge in [-0.3, -0.25) is 4.90 Å². The van der Waals surface area contributed by atoms with Crippen molar-refractivity contribution < 1.29 is 5.11 Å². The molecular weight excluding hydrogens is 373 g/mol. The molecule has 21 heavy (non-hydrogen) atoms. The van der Waals surface area contributed by atoms with Crippen LogP contribution in [0.1, 0.15) is 17.2 Å². The lowest BCUT2D eigenvalue weighted by atomic mass is 10.1. The van der Waals surface area contributed by atoms with Gasteiger partial charge in [-0.15, -0.1) is 0 Å². The summed E-state index contributed by atoms with van der Waals surface area (Å²) in [5.74, 6) is 0. The summed E-state index contributed by atoms with van der Waals surface area (Å²) in [5.41, 5.74) is 2.05. The highest BCUT2D eigenvalue weighted by molar-refractivity contribution is 9.10. The van der Waals surface area contributed by atoms with Crippen molar-refractivity contribution in [3.63, 3.8) is 0 Å². The van der Waals surface area contributed by atoms with Crippen molar-refractivity contribution in [1.29, 1.82) is 0 Å². The molecule has 5 heteroatoms. The molecule has 112 valence electrons. The Labute approximate surface area is 143 Å². The zero-order valence-electron chi connectivity index (χ0n) is 11.6. The van der Waals surface area contributed by atoms with Gasteiger partial charge in [0.25, 0.3) is 0 Å². The molecule has 0 spiro atoms. The molecule has 0 saturated carbocycles. The molecule has 0 saturated heterocycles. The Balaban J connectivity index is 2.16. The largest absolute Gasteiger partial charge is 0.394 e. The van der Waals surface area contributed by atoms with E-state index in [1.54, 1.807) is 6.07 Å². The molecule has 0 bridgehead atoms. The molecule has 0 fully saturated rings. The van der Waals surface area contributed by atoms with Crippen LogP contribution in [0.25, 0.3) is 0 Å². The summed E-state index contributed by atoms with van der Waals surface area (Å²) in [5, 5.41) is 11.0. The van der Waals surface area contributed by atoms with E-state index in [9.17, 15) is 5.11 Å². The lowest BCUT2D eigenvalue weighted by molar-refractivity contribution is 0.142. The Morgan fingerprint density at radius 3 is 2.38 bits per heavy atom. The van der Waals surface area contributed by atoms with Gasteiger partial charge in [0.1, 0.15) is 0 Å². The molecule has 1 atom stereocenters. The van der Waals surface area contributed by atoms with Gasteiger partial charge in [0.05, 0.1) is 12.6 Å². The topological polar surface area (TPSA) is 23.5 Å². The predicted octanol–water partition coefficient (Wildman–Crippen LogP) is 4.92. The number of halogens is 3. The highest BCUT2D eigenvalue weighted by Gasteiger charge is 2.17. The van der Waals surface area contributed by atoms with Crippen LogP contribution in [-0.4, -0.2) is 23.7 Å². The Hall–Kier alpha value is -0.580. The summed E-state index contributed by atoms with van der Waals surface area (Å²) >= 11 is 15.5. The van der Waals surface area contributed by atoms with Crippen molar-refractivity contribution in [3.05, 3.63) is 68.1 Å². The van der Waals surface area contributed by atoms with Crippen LogP contribution in [-0.2, 0) is 6.54 Å². The average molecular weight is 389 g/mol. The summed E-state index contributed by atoms with van der Waals surface area (Å²) < 4.78 is 1.02. The Morgan fingerprint density at radius 1 is 1.14 bits per heavy atom. The molecule has 0 heterocycles. The summed E-state index contributed by atoms with van der Waals surface area (Å²) in [6.07, 6.45) is 0. The van der Waals surface area contributed by atoms with Crippen molar-refractivity contribution in [2.24, 2.45) is 0 Å². The van der Waals surface area contributed by atoms with Crippen molar-refractivity contribution >= 4 is 39.1 Å². The van der Waals surface area contributed by atoms with Crippen molar-refractivity contribution in [2.75, 3.05) is 13.7 Å². The summed E-state index contributed by atoms with van der Waals surface area (Å²) in [7, 11) is 1.97. The number of hydrogen-bond acceptors (Lipinski definition) is 2. The molecule has 0 amide bonds. The van der Waals surface area contributed by atoms with Crippen LogP contribution in [0.4, 0.5) is 0 Å². The first-order valence-corrected chi connectivity index (χ1v) is 8.06. The van der Waals surface area contributed by atoms with E-state index < -0.39 is 0 Å². The summed E-state index contributed by atoms with van der Waals surface area (Å²) in [4.78, 5) is 2.07. The number of rotatable bonds is 5. The fraction of sp³-hybridized carbons (Fsp3) is 0.250. The highest BCUT2D eigenvalue weighted by Crippen LogP contribution is 2.26. The zero-order valence-corrected chi connectivity index (χ0v) is 14.7. The van der Waals surface area contributed by atoms with E-state index in [0.717, 1.165) is 15.6 Å². The maximum Gasteiger partial charge on any atom is 0.0628 e. The van der Waals surface area contributed by atoms with Gasteiger partial charge in [0.15, 0.2) is 0 Å². The predicted molar refractivity (Wildman–Crippen MR) is 91.9 cm³/mol. The number of nitrogens with zero attached hydrogens (tertiary/aromatic N) is 1. The average Bonchev–Trinajstić information content (AvgIpc) is 2.45. The highest BCUT2D eigenvalue weighted by atomic mass is 79.9. The third kappa shape index (κ3) is 4.44. The van der Waals surface area contributed by atoms with E-state index in [1.807, 2.05) is 43.4 Å². The number of aliphatic hydroxyl groups is 1. The Bertz CT molecular complexity index is 604. The third-order valence-electron chi connectivity index (χ3n) is 3.39. The molecule has 1 unspecified atom stereocenters. The van der Waals surface area contributed by atoms with Crippen LogP contribution >= 0.6 is 39.1 Å². The van der Waals surface area contributed by atoms with Crippen LogP contribution in [0.15, 0.2) is 46.9 Å². The molecule has 0 aliphatic rings. The standard InChI is InChI=1S/C16H16BrCl2NO/c1-20(9-12-4-7-14(18)8-15(12)19)16(10-21)11-2-5-13(17)6-3-11/h2-8,16,21H,9-10H2,1H3. The molecule has 1 N–H and O–H groups in total. The first kappa shape index (κ1) is 16.8. The van der Waals surface area contributed by atoms with E-state index in [0.29, 0.717) is 16.6 Å². The van der Waals surface area contributed by atoms with Crippen molar-refractivity contribution in [1.82, 2.24) is 4.90 Å². The number of benzene rings is 2. The van der Waals surface area contributed by atoms with Gasteiger partial charge in [0, 0.05) is 21.1 Å². The number of hydrogen-bond donors (Lipinski definition) is 1. The molecule has 0 aromatic heterocycles.